The average molecular weight is 515 g/mol. The van der Waals surface area contributed by atoms with Gasteiger partial charge >= 0.3 is 0 Å². The number of nitrogens with zero attached hydrogens (tertiary/aromatic N) is 5. The Kier molecular flexibility index (Phi) is 7.48. The Morgan fingerprint density at radius 2 is 1.82 bits per heavy atom. The third kappa shape index (κ3) is 5.59. The van der Waals surface area contributed by atoms with Crippen LogP contribution in [0, 0.1) is 6.92 Å². The fourth-order valence-corrected chi connectivity index (χ4v) is 4.74. The van der Waals surface area contributed by atoms with Gasteiger partial charge in [-0.2, -0.15) is 4.80 Å². The molecule has 2 aromatic heterocycles. The Hall–Kier alpha value is -4.47. The van der Waals surface area contributed by atoms with E-state index in [1.807, 2.05) is 49.4 Å². The first-order valence-electron chi connectivity index (χ1n) is 12.7. The topological polar surface area (TPSA) is 115 Å². The van der Waals surface area contributed by atoms with Crippen LogP contribution in [0.3, 0.4) is 0 Å². The minimum Gasteiger partial charge on any atom is -0.497 e. The van der Waals surface area contributed by atoms with E-state index in [0.717, 1.165) is 31.4 Å². The molecule has 1 atom stereocenters. The third-order valence-corrected chi connectivity index (χ3v) is 6.63. The van der Waals surface area contributed by atoms with Crippen LogP contribution in [-0.4, -0.2) is 45.2 Å². The maximum Gasteiger partial charge on any atom is 0.251 e. The van der Waals surface area contributed by atoms with Gasteiger partial charge in [0.05, 0.1) is 7.11 Å². The Morgan fingerprint density at radius 3 is 2.47 bits per heavy atom. The fourth-order valence-electron chi connectivity index (χ4n) is 4.74. The van der Waals surface area contributed by atoms with Gasteiger partial charge in [0.15, 0.2) is 5.76 Å². The van der Waals surface area contributed by atoms with Crippen LogP contribution in [0.4, 0.5) is 5.69 Å². The number of carbonyl (C=O) groups is 2. The number of anilines is 1. The van der Waals surface area contributed by atoms with Gasteiger partial charge in [0.25, 0.3) is 5.91 Å². The second kappa shape index (κ2) is 11.3. The number of aromatic nitrogens is 4. The van der Waals surface area contributed by atoms with Crippen LogP contribution in [0.25, 0.3) is 11.6 Å². The van der Waals surface area contributed by atoms with E-state index in [9.17, 15) is 9.59 Å². The van der Waals surface area contributed by atoms with Crippen molar-refractivity contribution in [3.8, 4) is 17.3 Å². The van der Waals surface area contributed by atoms with E-state index in [1.165, 1.54) is 9.70 Å². The minimum atomic E-state index is -0.910. The predicted octanol–water partition coefficient (Wildman–Crippen LogP) is 4.08. The second-order valence-electron chi connectivity index (χ2n) is 9.32. The van der Waals surface area contributed by atoms with E-state index in [0.29, 0.717) is 22.8 Å². The first-order valence-corrected chi connectivity index (χ1v) is 12.7. The quantitative estimate of drug-likeness (QED) is 0.358. The summed E-state index contributed by atoms with van der Waals surface area (Å²) in [7, 11) is 1.59. The zero-order chi connectivity index (χ0) is 26.5. The van der Waals surface area contributed by atoms with Crippen molar-refractivity contribution >= 4 is 17.5 Å². The first kappa shape index (κ1) is 25.2. The van der Waals surface area contributed by atoms with Crippen LogP contribution in [0.15, 0.2) is 71.1 Å². The number of aryl methyl sites for hydroxylation is 1. The number of tetrazole rings is 1. The molecule has 0 spiro atoms. The summed E-state index contributed by atoms with van der Waals surface area (Å²) < 4.78 is 10.9. The number of benzene rings is 2. The summed E-state index contributed by atoms with van der Waals surface area (Å²) in [6.07, 6.45) is 4.01. The molecule has 1 N–H and O–H groups in total. The van der Waals surface area contributed by atoms with Crippen LogP contribution in [0.1, 0.15) is 43.0 Å². The van der Waals surface area contributed by atoms with E-state index >= 15 is 0 Å². The van der Waals surface area contributed by atoms with Crippen LogP contribution in [0.5, 0.6) is 5.75 Å². The normalized spacial score (nSPS) is 14.3. The summed E-state index contributed by atoms with van der Waals surface area (Å²) in [6.45, 7) is 1.61. The van der Waals surface area contributed by atoms with Crippen LogP contribution in [-0.2, 0) is 16.1 Å². The molecule has 0 saturated heterocycles. The average Bonchev–Trinajstić information content (AvgIpc) is 3.71. The Morgan fingerprint density at radius 1 is 1.08 bits per heavy atom. The molecule has 0 bridgehead atoms. The van der Waals surface area contributed by atoms with Crippen LogP contribution < -0.4 is 15.0 Å². The molecule has 4 aromatic rings. The van der Waals surface area contributed by atoms with Crippen molar-refractivity contribution in [3.63, 3.8) is 0 Å². The van der Waals surface area contributed by atoms with Gasteiger partial charge < -0.3 is 14.5 Å². The highest BCUT2D eigenvalue weighted by Gasteiger charge is 2.34. The number of rotatable bonds is 9. The van der Waals surface area contributed by atoms with Gasteiger partial charge in [-0.25, -0.2) is 0 Å². The second-order valence-corrected chi connectivity index (χ2v) is 9.32. The summed E-state index contributed by atoms with van der Waals surface area (Å²) in [6, 6.07) is 19.1. The Bertz CT molecular complexity index is 1380. The van der Waals surface area contributed by atoms with Crippen LogP contribution in [0.2, 0.25) is 0 Å². The predicted molar refractivity (Wildman–Crippen MR) is 140 cm³/mol. The Balaban J connectivity index is 1.49. The largest absolute Gasteiger partial charge is 0.497 e. The molecule has 1 saturated carbocycles. The molecular formula is C28H30N6O4. The third-order valence-electron chi connectivity index (χ3n) is 6.63. The fraction of sp³-hybridized carbons (Fsp3) is 0.321. The molecule has 2 heterocycles. The number of hydrogen-bond acceptors (Lipinski definition) is 7. The number of carbonyl (C=O) groups excluding carboxylic acids is 2. The lowest BCUT2D eigenvalue weighted by Gasteiger charge is -2.32. The van der Waals surface area contributed by atoms with Gasteiger partial charge in [-0.1, -0.05) is 43.2 Å². The molecule has 5 rings (SSSR count). The van der Waals surface area contributed by atoms with Gasteiger partial charge in [0.1, 0.15) is 24.1 Å². The lowest BCUT2D eigenvalue weighted by atomic mass is 10.0. The molecule has 1 aliphatic rings. The zero-order valence-electron chi connectivity index (χ0n) is 21.4. The van der Waals surface area contributed by atoms with Gasteiger partial charge in [-0.3, -0.25) is 14.5 Å². The van der Waals surface area contributed by atoms with E-state index in [2.05, 4.69) is 20.7 Å². The number of amides is 2. The maximum atomic E-state index is 13.9. The molecule has 38 heavy (non-hydrogen) atoms. The van der Waals surface area contributed by atoms with Crippen molar-refractivity contribution in [3.05, 3.63) is 78.1 Å². The van der Waals surface area contributed by atoms with Crippen molar-refractivity contribution in [2.24, 2.45) is 0 Å². The molecular weight excluding hydrogens is 484 g/mol. The molecule has 10 heteroatoms. The molecule has 196 valence electrons. The summed E-state index contributed by atoms with van der Waals surface area (Å²) in [5.41, 5.74) is 1.25. The summed E-state index contributed by atoms with van der Waals surface area (Å²) in [5, 5.41) is 15.6. The monoisotopic (exact) mass is 514 g/mol. The van der Waals surface area contributed by atoms with Gasteiger partial charge in [0, 0.05) is 11.7 Å². The highest BCUT2D eigenvalue weighted by molar-refractivity contribution is 6.01. The number of hydrogen-bond donors (Lipinski definition) is 1. The number of para-hydroxylation sites is 1. The summed E-state index contributed by atoms with van der Waals surface area (Å²) in [4.78, 5) is 30.4. The van der Waals surface area contributed by atoms with Gasteiger partial charge in [-0.15, -0.1) is 10.2 Å². The molecule has 0 unspecified atom stereocenters. The van der Waals surface area contributed by atoms with Crippen molar-refractivity contribution in [2.45, 2.75) is 51.2 Å². The maximum absolute atomic E-state index is 13.9. The Labute approximate surface area is 220 Å². The molecule has 10 nitrogen and oxygen atoms in total. The smallest absolute Gasteiger partial charge is 0.251 e. The highest BCUT2D eigenvalue weighted by atomic mass is 16.5. The molecule has 1 fully saturated rings. The standard InChI is InChI=1S/C28H30N6O4/c1-19-12-17-24(38-19)27-30-32-33(31-27)18-25(35)34(22-10-4-3-5-11-22)26(20-13-15-23(37-2)16-14-20)28(36)29-21-8-6-7-9-21/h3-5,10-17,21,26H,6-9,18H2,1-2H3,(H,29,36)/t26-/m1/s1. The number of nitrogens with one attached hydrogen (secondary N) is 1. The van der Waals surface area contributed by atoms with Gasteiger partial charge in [0.2, 0.25) is 11.7 Å². The number of ether oxygens (including phenoxy) is 1. The summed E-state index contributed by atoms with van der Waals surface area (Å²) >= 11 is 0. The van der Waals surface area contributed by atoms with Crippen molar-refractivity contribution < 1.29 is 18.7 Å². The van der Waals surface area contributed by atoms with E-state index in [-0.39, 0.29) is 30.2 Å². The lowest BCUT2D eigenvalue weighted by Crippen LogP contribution is -2.47. The van der Waals surface area contributed by atoms with E-state index < -0.39 is 6.04 Å². The number of furan rings is 1. The van der Waals surface area contributed by atoms with Gasteiger partial charge in [-0.05, 0) is 66.9 Å². The highest BCUT2D eigenvalue weighted by Crippen LogP contribution is 2.30. The number of methoxy groups -OCH3 is 1. The summed E-state index contributed by atoms with van der Waals surface area (Å²) in [5.74, 6) is 1.53. The molecule has 0 radical (unpaired) electrons. The van der Waals surface area contributed by atoms with E-state index in [4.69, 9.17) is 9.15 Å². The molecule has 2 amide bonds. The van der Waals surface area contributed by atoms with Crippen LogP contribution >= 0.6 is 0 Å². The molecule has 0 aliphatic heterocycles. The SMILES string of the molecule is COc1ccc([C@H](C(=O)NC2CCCC2)N(C(=O)Cn2nnc(-c3ccc(C)o3)n2)c2ccccc2)cc1. The lowest BCUT2D eigenvalue weighted by molar-refractivity contribution is -0.127. The first-order chi connectivity index (χ1) is 18.5. The molecule has 2 aromatic carbocycles. The van der Waals surface area contributed by atoms with Crippen molar-refractivity contribution in [1.82, 2.24) is 25.5 Å². The van der Waals surface area contributed by atoms with Crippen molar-refractivity contribution in [1.29, 1.82) is 0 Å². The molecule has 1 aliphatic carbocycles. The van der Waals surface area contributed by atoms with E-state index in [1.54, 1.807) is 31.4 Å². The van der Waals surface area contributed by atoms with Crippen molar-refractivity contribution in [2.75, 3.05) is 12.0 Å². The minimum absolute atomic E-state index is 0.0901. The zero-order valence-corrected chi connectivity index (χ0v) is 21.4.